The van der Waals surface area contributed by atoms with Gasteiger partial charge in [-0.1, -0.05) is 42.5 Å². The molecule has 0 bridgehead atoms. The first-order valence-electron chi connectivity index (χ1n) is 11.6. The zero-order valence-electron chi connectivity index (χ0n) is 19.6. The van der Waals surface area contributed by atoms with Crippen molar-refractivity contribution in [2.45, 2.75) is 38.6 Å². The van der Waals surface area contributed by atoms with Crippen molar-refractivity contribution in [3.05, 3.63) is 65.2 Å². The summed E-state index contributed by atoms with van der Waals surface area (Å²) in [5.41, 5.74) is 1.29. The Labute approximate surface area is 199 Å². The minimum absolute atomic E-state index is 0.0368. The number of carbonyl (C=O) groups is 2. The highest BCUT2D eigenvalue weighted by Crippen LogP contribution is 2.34. The minimum Gasteiger partial charge on any atom is -0.353 e. The summed E-state index contributed by atoms with van der Waals surface area (Å²) >= 11 is 1.66. The number of amides is 2. The number of hydrogen-bond donors (Lipinski definition) is 1. The number of benzene rings is 2. The lowest BCUT2D eigenvalue weighted by Crippen LogP contribution is -2.55. The number of piperazine rings is 1. The molecule has 4 rings (SSSR count). The number of fused-ring (bicyclic) bond motifs is 1. The molecule has 1 unspecified atom stereocenters. The number of aromatic nitrogens is 1. The van der Waals surface area contributed by atoms with Gasteiger partial charge in [0.2, 0.25) is 11.8 Å². The third-order valence-electron chi connectivity index (χ3n) is 6.20. The molecule has 1 saturated heterocycles. The van der Waals surface area contributed by atoms with Crippen LogP contribution in [0, 0.1) is 0 Å². The molecule has 2 heterocycles. The maximum absolute atomic E-state index is 13.9. The van der Waals surface area contributed by atoms with Gasteiger partial charge in [0.25, 0.3) is 0 Å². The summed E-state index contributed by atoms with van der Waals surface area (Å²) in [6.45, 7) is 8.98. The topological polar surface area (TPSA) is 65.5 Å². The van der Waals surface area contributed by atoms with Gasteiger partial charge in [-0.3, -0.25) is 14.5 Å². The molecule has 1 fully saturated rings. The van der Waals surface area contributed by atoms with Crippen molar-refractivity contribution in [1.29, 1.82) is 0 Å². The summed E-state index contributed by atoms with van der Waals surface area (Å²) in [7, 11) is 0. The van der Waals surface area contributed by atoms with Gasteiger partial charge < -0.3 is 10.2 Å². The lowest BCUT2D eigenvalue weighted by molar-refractivity contribution is -0.139. The molecule has 174 valence electrons. The highest BCUT2D eigenvalue weighted by Gasteiger charge is 2.40. The van der Waals surface area contributed by atoms with Crippen molar-refractivity contribution in [3.8, 4) is 0 Å². The molecule has 1 aliphatic heterocycles. The van der Waals surface area contributed by atoms with E-state index in [1.807, 2.05) is 74.2 Å². The third-order valence-corrected chi connectivity index (χ3v) is 7.24. The Morgan fingerprint density at radius 3 is 2.36 bits per heavy atom. The molecular formula is C26H32N4O2S. The first-order chi connectivity index (χ1) is 15.8. The van der Waals surface area contributed by atoms with Crippen LogP contribution in [0.3, 0.4) is 0 Å². The van der Waals surface area contributed by atoms with Gasteiger partial charge in [0.05, 0.1) is 27.2 Å². The predicted molar refractivity (Wildman–Crippen MR) is 133 cm³/mol. The lowest BCUT2D eigenvalue weighted by Gasteiger charge is -2.39. The van der Waals surface area contributed by atoms with Crippen molar-refractivity contribution in [2.75, 3.05) is 32.7 Å². The van der Waals surface area contributed by atoms with Gasteiger partial charge in [0.15, 0.2) is 0 Å². The summed E-state index contributed by atoms with van der Waals surface area (Å²) in [4.78, 5) is 34.9. The Hall–Kier alpha value is -2.77. The summed E-state index contributed by atoms with van der Waals surface area (Å²) in [5, 5.41) is 3.91. The van der Waals surface area contributed by atoms with Gasteiger partial charge in [-0.25, -0.2) is 4.98 Å². The number of nitrogens with zero attached hydrogens (tertiary/aromatic N) is 3. The summed E-state index contributed by atoms with van der Waals surface area (Å²) < 4.78 is 1.14. The van der Waals surface area contributed by atoms with Crippen LogP contribution in [0.25, 0.3) is 10.2 Å². The van der Waals surface area contributed by atoms with Gasteiger partial charge in [0.1, 0.15) is 0 Å². The summed E-state index contributed by atoms with van der Waals surface area (Å²) in [6, 6.07) is 18.3. The monoisotopic (exact) mass is 464 g/mol. The largest absolute Gasteiger partial charge is 0.353 e. The van der Waals surface area contributed by atoms with Gasteiger partial charge in [-0.05, 0) is 38.5 Å². The molecule has 1 aliphatic rings. The van der Waals surface area contributed by atoms with E-state index in [2.05, 4.69) is 16.3 Å². The quantitative estimate of drug-likeness (QED) is 0.582. The highest BCUT2D eigenvalue weighted by molar-refractivity contribution is 7.18. The summed E-state index contributed by atoms with van der Waals surface area (Å²) in [6.07, 6.45) is 0.562. The van der Waals surface area contributed by atoms with Crippen LogP contribution in [0.2, 0.25) is 0 Å². The second-order valence-corrected chi connectivity index (χ2v) is 10.4. The van der Waals surface area contributed by atoms with E-state index in [0.717, 1.165) is 20.8 Å². The fourth-order valence-corrected chi connectivity index (χ4v) is 5.56. The normalized spacial score (nSPS) is 16.7. The van der Waals surface area contributed by atoms with Crippen LogP contribution in [0.4, 0.5) is 0 Å². The second-order valence-electron chi connectivity index (χ2n) is 9.24. The van der Waals surface area contributed by atoms with Crippen molar-refractivity contribution in [3.63, 3.8) is 0 Å². The molecule has 0 saturated carbocycles. The Morgan fingerprint density at radius 1 is 1.03 bits per heavy atom. The van der Waals surface area contributed by atoms with E-state index in [1.54, 1.807) is 11.3 Å². The number of rotatable bonds is 7. The average molecular weight is 465 g/mol. The molecule has 3 aromatic rings. The molecule has 1 atom stereocenters. The SMILES string of the molecule is CC(C)NC(=O)CN1CCN(C(=O)C(C)(Cc2nc3ccccc3s2)c2ccccc2)CC1. The molecule has 2 amide bonds. The summed E-state index contributed by atoms with van der Waals surface area (Å²) in [5.74, 6) is 0.161. The molecule has 0 aliphatic carbocycles. The van der Waals surface area contributed by atoms with Crippen molar-refractivity contribution in [2.24, 2.45) is 0 Å². The zero-order chi connectivity index (χ0) is 23.4. The Bertz CT molecular complexity index is 1070. The van der Waals surface area contributed by atoms with Gasteiger partial charge in [-0.15, -0.1) is 11.3 Å². The lowest BCUT2D eigenvalue weighted by atomic mass is 9.78. The smallest absolute Gasteiger partial charge is 0.234 e. The second kappa shape index (κ2) is 10.0. The number of nitrogens with one attached hydrogen (secondary N) is 1. The molecule has 0 spiro atoms. The van der Waals surface area contributed by atoms with Crippen molar-refractivity contribution in [1.82, 2.24) is 20.1 Å². The maximum atomic E-state index is 13.9. The molecule has 0 radical (unpaired) electrons. The van der Waals surface area contributed by atoms with E-state index in [-0.39, 0.29) is 17.9 Å². The Kier molecular flexibility index (Phi) is 7.10. The van der Waals surface area contributed by atoms with Crippen LogP contribution in [0.1, 0.15) is 31.3 Å². The van der Waals surface area contributed by atoms with Crippen LogP contribution in [0.5, 0.6) is 0 Å². The van der Waals surface area contributed by atoms with Crippen LogP contribution in [0.15, 0.2) is 54.6 Å². The molecular weight excluding hydrogens is 432 g/mol. The first kappa shape index (κ1) is 23.4. The van der Waals surface area contributed by atoms with E-state index in [4.69, 9.17) is 4.98 Å². The van der Waals surface area contributed by atoms with E-state index in [0.29, 0.717) is 39.1 Å². The van der Waals surface area contributed by atoms with Crippen LogP contribution in [-0.4, -0.2) is 65.4 Å². The molecule has 33 heavy (non-hydrogen) atoms. The fourth-order valence-electron chi connectivity index (χ4n) is 4.43. The zero-order valence-corrected chi connectivity index (χ0v) is 20.4. The Balaban J connectivity index is 1.50. The van der Waals surface area contributed by atoms with Crippen LogP contribution in [-0.2, 0) is 21.4 Å². The minimum atomic E-state index is -0.702. The average Bonchev–Trinajstić information content (AvgIpc) is 3.21. The molecule has 1 aromatic heterocycles. The molecule has 6 nitrogen and oxygen atoms in total. The molecule has 1 N–H and O–H groups in total. The number of carbonyl (C=O) groups excluding carboxylic acids is 2. The number of para-hydroxylation sites is 1. The Morgan fingerprint density at radius 2 is 1.70 bits per heavy atom. The highest BCUT2D eigenvalue weighted by atomic mass is 32.1. The van der Waals surface area contributed by atoms with Gasteiger partial charge >= 0.3 is 0 Å². The van der Waals surface area contributed by atoms with Crippen molar-refractivity contribution < 1.29 is 9.59 Å². The van der Waals surface area contributed by atoms with Crippen molar-refractivity contribution >= 4 is 33.4 Å². The van der Waals surface area contributed by atoms with Gasteiger partial charge in [-0.2, -0.15) is 0 Å². The maximum Gasteiger partial charge on any atom is 0.234 e. The van der Waals surface area contributed by atoms with E-state index in [1.165, 1.54) is 0 Å². The van der Waals surface area contributed by atoms with E-state index < -0.39 is 5.41 Å². The first-order valence-corrected chi connectivity index (χ1v) is 12.4. The standard InChI is InChI=1S/C26H32N4O2S/c1-19(2)27-23(31)18-29-13-15-30(16-14-29)25(32)26(3,20-9-5-4-6-10-20)17-24-28-21-11-7-8-12-22(21)33-24/h4-12,19H,13-18H2,1-3H3,(H,27,31). The van der Waals surface area contributed by atoms with Gasteiger partial charge in [0, 0.05) is 38.6 Å². The number of hydrogen-bond acceptors (Lipinski definition) is 5. The molecule has 7 heteroatoms. The van der Waals surface area contributed by atoms with E-state index >= 15 is 0 Å². The van der Waals surface area contributed by atoms with Crippen LogP contribution < -0.4 is 5.32 Å². The number of thiazole rings is 1. The molecule has 2 aromatic carbocycles. The predicted octanol–water partition coefficient (Wildman–Crippen LogP) is 3.47. The third kappa shape index (κ3) is 5.42. The van der Waals surface area contributed by atoms with Crippen LogP contribution >= 0.6 is 11.3 Å². The van der Waals surface area contributed by atoms with E-state index in [9.17, 15) is 9.59 Å². The fraction of sp³-hybridized carbons (Fsp3) is 0.423.